The summed E-state index contributed by atoms with van der Waals surface area (Å²) in [5, 5.41) is 5.51. The molecule has 0 saturated carbocycles. The van der Waals surface area contributed by atoms with Crippen molar-refractivity contribution < 1.29 is 43.9 Å². The van der Waals surface area contributed by atoms with Crippen molar-refractivity contribution in [2.75, 3.05) is 7.05 Å². The molecule has 0 spiro atoms. The molecule has 320 valence electrons. The van der Waals surface area contributed by atoms with E-state index in [1.807, 2.05) is 27.7 Å². The van der Waals surface area contributed by atoms with Crippen LogP contribution in [0.25, 0.3) is 0 Å². The Hall–Kier alpha value is -4.69. The number of likely N-dealkylation sites (N-methyl/N-ethyl adjacent to an activating group) is 1. The average Bonchev–Trinajstić information content (AvgIpc) is 3.06. The number of nitrogens with one attached hydrogen (secondary N) is 2. The summed E-state index contributed by atoms with van der Waals surface area (Å²) < 4.78 is 127. The third-order valence-corrected chi connectivity index (χ3v) is 8.39. The summed E-state index contributed by atoms with van der Waals surface area (Å²) in [5.74, 6) is -0.233. The standard InChI is InChI=1S/C11H14F3N.C10H12F3N.C10H13F2NO.C10H13F2N.CH4/c1-7(2)9-6-15(4)8(3)5-10(9)11(12,13)14;1-6(2)8-5-14-7(3)4-9(8)10(11,12)13;1-6(2)8-5-13(3)9(14)4-7(8)10(11)12;1-6(2)9-5-13-7(3)4-8(9)10(11)12;/h5-7H,3H2,1-2,4H3;4-6,14H,3H2,1-2H3;4-6,10H,1-3H3;4-6,10,13H,3H2,1-2H3;1H4. The molecule has 4 rings (SSSR count). The first-order valence-electron chi connectivity index (χ1n) is 17.5. The van der Waals surface area contributed by atoms with E-state index in [9.17, 15) is 48.7 Å². The lowest BCUT2D eigenvalue weighted by Gasteiger charge is -2.28. The van der Waals surface area contributed by atoms with E-state index in [0.29, 0.717) is 28.1 Å². The van der Waals surface area contributed by atoms with Gasteiger partial charge in [-0.2, -0.15) is 26.3 Å². The van der Waals surface area contributed by atoms with Gasteiger partial charge in [-0.3, -0.25) is 4.79 Å². The predicted molar refractivity (Wildman–Crippen MR) is 210 cm³/mol. The first-order valence-corrected chi connectivity index (χ1v) is 17.5. The minimum atomic E-state index is -4.31. The molecule has 57 heavy (non-hydrogen) atoms. The number of halogens is 10. The van der Waals surface area contributed by atoms with Crippen LogP contribution in [0.5, 0.6) is 0 Å². The van der Waals surface area contributed by atoms with Crippen molar-refractivity contribution in [3.8, 4) is 0 Å². The Kier molecular flexibility index (Phi) is 19.9. The van der Waals surface area contributed by atoms with Crippen molar-refractivity contribution in [3.05, 3.63) is 141 Å². The third kappa shape index (κ3) is 15.6. The summed E-state index contributed by atoms with van der Waals surface area (Å²) in [6, 6.07) is 1.01. The van der Waals surface area contributed by atoms with Crippen LogP contribution in [0.3, 0.4) is 0 Å². The number of aryl methyl sites for hydroxylation is 1. The van der Waals surface area contributed by atoms with Gasteiger partial charge in [-0.15, -0.1) is 0 Å². The number of nitrogens with zero attached hydrogens (tertiary/aromatic N) is 2. The quantitative estimate of drug-likeness (QED) is 0.281. The van der Waals surface area contributed by atoms with Gasteiger partial charge < -0.3 is 20.1 Å². The zero-order chi connectivity index (χ0) is 43.6. The second-order valence-electron chi connectivity index (χ2n) is 14.3. The minimum absolute atomic E-state index is 0. The van der Waals surface area contributed by atoms with E-state index in [2.05, 4.69) is 30.4 Å². The molecule has 15 heteroatoms. The number of aromatic nitrogens is 1. The fraction of sp³-hybridized carbons (Fsp3) is 0.452. The Morgan fingerprint density at radius 2 is 1.04 bits per heavy atom. The Morgan fingerprint density at radius 1 is 0.596 bits per heavy atom. The monoisotopic (exact) mass is 822 g/mol. The smallest absolute Gasteiger partial charge is 0.362 e. The molecule has 4 heterocycles. The SMILES string of the molecule is C.C=C1C=C(C(F)(F)F)C(C(C)C)=CN1.C=C1C=C(C(F)(F)F)C(C(C)C)=CN1C.C=C1C=C(C(F)F)C(C(C)C)=CN1.CC(C)c1cn(C)c(=O)cc1C(F)F. The van der Waals surface area contributed by atoms with Crippen LogP contribution in [0.2, 0.25) is 0 Å². The van der Waals surface area contributed by atoms with E-state index < -0.39 is 41.9 Å². The van der Waals surface area contributed by atoms with Gasteiger partial charge in [-0.25, -0.2) is 17.6 Å². The Morgan fingerprint density at radius 3 is 1.44 bits per heavy atom. The minimum Gasteiger partial charge on any atom is -0.362 e. The highest BCUT2D eigenvalue weighted by atomic mass is 19.4. The predicted octanol–water partition coefficient (Wildman–Crippen LogP) is 12.5. The lowest BCUT2D eigenvalue weighted by atomic mass is 9.92. The van der Waals surface area contributed by atoms with E-state index >= 15 is 0 Å². The summed E-state index contributed by atoms with van der Waals surface area (Å²) in [5.41, 5.74) is 1.24. The lowest BCUT2D eigenvalue weighted by molar-refractivity contribution is -0.0912. The van der Waals surface area contributed by atoms with Gasteiger partial charge in [-0.05, 0) is 64.2 Å². The Balaban J connectivity index is 0.000000730. The molecule has 1 aromatic rings. The molecule has 0 bridgehead atoms. The van der Waals surface area contributed by atoms with Crippen molar-refractivity contribution >= 4 is 0 Å². The highest BCUT2D eigenvalue weighted by Crippen LogP contribution is 2.39. The first-order chi connectivity index (χ1) is 25.5. The lowest BCUT2D eigenvalue weighted by Crippen LogP contribution is -2.24. The maximum absolute atomic E-state index is 12.7. The molecular weight excluding hydrogens is 766 g/mol. The number of dihydropyridines is 2. The number of allylic oxidation sites excluding steroid dienone is 9. The zero-order valence-corrected chi connectivity index (χ0v) is 33.3. The highest BCUT2D eigenvalue weighted by Gasteiger charge is 2.39. The number of rotatable bonds is 6. The van der Waals surface area contributed by atoms with E-state index in [1.165, 1.54) is 29.2 Å². The van der Waals surface area contributed by atoms with Gasteiger partial charge in [-0.1, -0.05) is 82.6 Å². The van der Waals surface area contributed by atoms with Crippen LogP contribution < -0.4 is 16.2 Å². The van der Waals surface area contributed by atoms with Crippen molar-refractivity contribution in [2.45, 2.75) is 93.9 Å². The molecule has 0 radical (unpaired) electrons. The van der Waals surface area contributed by atoms with Gasteiger partial charge in [0.25, 0.3) is 18.4 Å². The summed E-state index contributed by atoms with van der Waals surface area (Å²) in [6.07, 6.45) is -4.13. The molecule has 5 nitrogen and oxygen atoms in total. The normalized spacial score (nSPS) is 15.8. The first kappa shape index (κ1) is 52.3. The van der Waals surface area contributed by atoms with Crippen molar-refractivity contribution in [1.82, 2.24) is 20.1 Å². The summed E-state index contributed by atoms with van der Waals surface area (Å²) in [6.45, 7) is 24.9. The van der Waals surface area contributed by atoms with Gasteiger partial charge in [0, 0.05) is 73.2 Å². The maximum atomic E-state index is 12.7. The van der Waals surface area contributed by atoms with E-state index in [4.69, 9.17) is 0 Å². The van der Waals surface area contributed by atoms with Crippen LogP contribution >= 0.6 is 0 Å². The molecule has 3 aliphatic rings. The van der Waals surface area contributed by atoms with Crippen LogP contribution in [-0.4, -0.2) is 35.3 Å². The zero-order valence-electron chi connectivity index (χ0n) is 33.3. The van der Waals surface area contributed by atoms with Gasteiger partial charge in [0.1, 0.15) is 0 Å². The van der Waals surface area contributed by atoms with E-state index in [-0.39, 0.29) is 53.5 Å². The topological polar surface area (TPSA) is 49.3 Å². The molecule has 0 saturated heterocycles. The molecule has 3 aliphatic heterocycles. The van der Waals surface area contributed by atoms with Crippen LogP contribution in [0.15, 0.2) is 124 Å². The largest absolute Gasteiger partial charge is 0.416 e. The fourth-order valence-corrected chi connectivity index (χ4v) is 5.28. The number of hydrogen-bond acceptors (Lipinski definition) is 4. The maximum Gasteiger partial charge on any atom is 0.416 e. The Labute approximate surface area is 330 Å². The number of hydrogen-bond donors (Lipinski definition) is 2. The molecule has 0 aliphatic carbocycles. The average molecular weight is 823 g/mol. The van der Waals surface area contributed by atoms with E-state index in [0.717, 1.165) is 18.2 Å². The van der Waals surface area contributed by atoms with Gasteiger partial charge in [0.05, 0.1) is 11.1 Å². The second kappa shape index (κ2) is 21.7. The van der Waals surface area contributed by atoms with Crippen molar-refractivity contribution in [1.29, 1.82) is 0 Å². The number of alkyl halides is 10. The molecule has 0 unspecified atom stereocenters. The Bertz CT molecular complexity index is 1830. The van der Waals surface area contributed by atoms with Gasteiger partial charge >= 0.3 is 12.4 Å². The molecule has 0 amide bonds. The van der Waals surface area contributed by atoms with Gasteiger partial charge in [0.15, 0.2) is 0 Å². The summed E-state index contributed by atoms with van der Waals surface area (Å²) >= 11 is 0. The van der Waals surface area contributed by atoms with Crippen LogP contribution in [-0.2, 0) is 7.05 Å². The van der Waals surface area contributed by atoms with Crippen LogP contribution in [0.4, 0.5) is 43.9 Å². The van der Waals surface area contributed by atoms with Crippen LogP contribution in [0.1, 0.15) is 86.3 Å². The number of pyridine rings is 1. The van der Waals surface area contributed by atoms with Crippen molar-refractivity contribution in [2.24, 2.45) is 24.8 Å². The van der Waals surface area contributed by atoms with Crippen LogP contribution in [0, 0.1) is 17.8 Å². The molecule has 0 aromatic carbocycles. The molecule has 0 atom stereocenters. The molecule has 0 fully saturated rings. The van der Waals surface area contributed by atoms with E-state index in [1.54, 1.807) is 52.9 Å². The molecule has 1 aromatic heterocycles. The second-order valence-corrected chi connectivity index (χ2v) is 14.3. The molecular formula is C42H56F10N4O. The summed E-state index contributed by atoms with van der Waals surface area (Å²) in [4.78, 5) is 12.8. The van der Waals surface area contributed by atoms with Gasteiger partial charge in [0.2, 0.25) is 0 Å². The molecule has 2 N–H and O–H groups in total. The summed E-state index contributed by atoms with van der Waals surface area (Å²) in [7, 11) is 3.25. The fourth-order valence-electron chi connectivity index (χ4n) is 5.28. The third-order valence-electron chi connectivity index (χ3n) is 8.39. The highest BCUT2D eigenvalue weighted by molar-refractivity contribution is 5.46. The van der Waals surface area contributed by atoms with Crippen molar-refractivity contribution in [3.63, 3.8) is 0 Å².